The van der Waals surface area contributed by atoms with Gasteiger partial charge in [0.15, 0.2) is 0 Å². The number of nitrogens with one attached hydrogen (secondary N) is 1. The maximum absolute atomic E-state index is 12.6. The molecule has 0 unspecified atom stereocenters. The van der Waals surface area contributed by atoms with Crippen molar-refractivity contribution in [2.45, 2.75) is 0 Å². The first-order valence-electron chi connectivity index (χ1n) is 7.88. The number of benzene rings is 2. The fraction of sp³-hybridized carbons (Fsp3) is 0.0556. The Morgan fingerprint density at radius 3 is 2.48 bits per heavy atom. The predicted molar refractivity (Wildman–Crippen MR) is 126 cm³/mol. The molecule has 0 aromatic heterocycles. The highest BCUT2D eigenvalue weighted by Crippen LogP contribution is 2.43. The van der Waals surface area contributed by atoms with Crippen LogP contribution in [-0.2, 0) is 9.59 Å². The van der Waals surface area contributed by atoms with Crippen LogP contribution in [0, 0.1) is 3.57 Å². The summed E-state index contributed by atoms with van der Waals surface area (Å²) in [4.78, 5) is 37.9. The Bertz CT molecular complexity index is 1060. The largest absolute Gasteiger partial charge is 0.506 e. The summed E-state index contributed by atoms with van der Waals surface area (Å²) in [7, 11) is 0. The second-order valence-electron chi connectivity index (χ2n) is 5.78. The quantitative estimate of drug-likeness (QED) is 0.320. The molecule has 3 rings (SSSR count). The number of amides is 3. The molecule has 1 heterocycles. The molecule has 1 saturated heterocycles. The second-order valence-corrected chi connectivity index (χ2v) is 9.67. The van der Waals surface area contributed by atoms with Gasteiger partial charge in [-0.05, 0) is 103 Å². The third-order valence-electron chi connectivity index (χ3n) is 3.79. The molecule has 0 aliphatic carbocycles. The molecule has 11 heteroatoms. The number of rotatable bonds is 4. The zero-order valence-corrected chi connectivity index (χ0v) is 20.4. The lowest BCUT2D eigenvalue weighted by molar-refractivity contribution is -0.127. The molecule has 0 spiro atoms. The van der Waals surface area contributed by atoms with Crippen LogP contribution in [0.3, 0.4) is 0 Å². The first-order valence-corrected chi connectivity index (χ1v) is 11.4. The molecule has 0 saturated carbocycles. The number of imide groups is 1. The zero-order valence-electron chi connectivity index (χ0n) is 14.3. The molecule has 0 atom stereocenters. The van der Waals surface area contributed by atoms with Crippen molar-refractivity contribution in [1.82, 2.24) is 4.90 Å². The number of aromatic hydroxyl groups is 2. The van der Waals surface area contributed by atoms with Crippen molar-refractivity contribution in [1.29, 1.82) is 0 Å². The van der Waals surface area contributed by atoms with Crippen molar-refractivity contribution in [2.75, 3.05) is 11.9 Å². The molecule has 1 aliphatic heterocycles. The standard InChI is InChI=1S/C18H11Br2IN2O5S/c19-11-5-8(15(25)14(20)16(11)26)6-12-17(27)23(18(28)29-12)7-13(24)22-10-3-1-9(21)2-4-10/h1-6,25-26H,7H2,(H,22,24)/b12-6-. The van der Waals surface area contributed by atoms with Crippen LogP contribution in [0.2, 0.25) is 0 Å². The van der Waals surface area contributed by atoms with E-state index >= 15 is 0 Å². The molecule has 29 heavy (non-hydrogen) atoms. The minimum absolute atomic E-state index is 0.0502. The molecule has 2 aromatic rings. The van der Waals surface area contributed by atoms with Gasteiger partial charge in [0, 0.05) is 14.8 Å². The van der Waals surface area contributed by atoms with E-state index in [1.165, 1.54) is 12.1 Å². The number of thioether (sulfide) groups is 1. The maximum Gasteiger partial charge on any atom is 0.294 e. The normalized spacial score (nSPS) is 15.3. The van der Waals surface area contributed by atoms with E-state index in [1.54, 1.807) is 12.1 Å². The van der Waals surface area contributed by atoms with E-state index in [0.717, 1.165) is 8.47 Å². The van der Waals surface area contributed by atoms with E-state index in [9.17, 15) is 24.6 Å². The SMILES string of the molecule is O=C(CN1C(=O)S/C(=C\c2cc(Br)c(O)c(Br)c2O)C1=O)Nc1ccc(I)cc1. The highest BCUT2D eigenvalue weighted by molar-refractivity contribution is 14.1. The number of halogens is 3. The monoisotopic (exact) mass is 652 g/mol. The van der Waals surface area contributed by atoms with Crippen LogP contribution >= 0.6 is 66.2 Å². The smallest absolute Gasteiger partial charge is 0.294 e. The Labute approximate surface area is 199 Å². The van der Waals surface area contributed by atoms with Crippen molar-refractivity contribution >= 4 is 95.0 Å². The van der Waals surface area contributed by atoms with Gasteiger partial charge in [-0.2, -0.15) is 0 Å². The van der Waals surface area contributed by atoms with Crippen LogP contribution in [0.15, 0.2) is 44.2 Å². The van der Waals surface area contributed by atoms with Crippen molar-refractivity contribution in [2.24, 2.45) is 0 Å². The summed E-state index contributed by atoms with van der Waals surface area (Å²) in [6.07, 6.45) is 1.33. The van der Waals surface area contributed by atoms with Crippen LogP contribution in [-0.4, -0.2) is 38.7 Å². The number of phenolic OH excluding ortho intramolecular Hbond substituents is 2. The van der Waals surface area contributed by atoms with Crippen LogP contribution in [0.5, 0.6) is 11.5 Å². The summed E-state index contributed by atoms with van der Waals surface area (Å²) in [5.41, 5.74) is 0.775. The molecular formula is C18H11Br2IN2O5S. The predicted octanol–water partition coefficient (Wildman–Crippen LogP) is 4.90. The first-order chi connectivity index (χ1) is 13.7. The lowest BCUT2D eigenvalue weighted by Gasteiger charge is -2.12. The molecule has 1 aliphatic rings. The van der Waals surface area contributed by atoms with Gasteiger partial charge in [-0.25, -0.2) is 0 Å². The van der Waals surface area contributed by atoms with Gasteiger partial charge in [0.1, 0.15) is 22.5 Å². The van der Waals surface area contributed by atoms with Crippen molar-refractivity contribution < 1.29 is 24.6 Å². The van der Waals surface area contributed by atoms with Crippen LogP contribution in [0.25, 0.3) is 6.08 Å². The van der Waals surface area contributed by atoms with Crippen LogP contribution in [0.4, 0.5) is 10.5 Å². The second kappa shape index (κ2) is 9.06. The molecule has 3 N–H and O–H groups in total. The summed E-state index contributed by atoms with van der Waals surface area (Å²) in [5.74, 6) is -1.63. The summed E-state index contributed by atoms with van der Waals surface area (Å²) in [6, 6.07) is 8.49. The summed E-state index contributed by atoms with van der Waals surface area (Å²) in [6.45, 7) is -0.428. The number of carbonyl (C=O) groups is 3. The van der Waals surface area contributed by atoms with E-state index in [4.69, 9.17) is 0 Å². The van der Waals surface area contributed by atoms with Gasteiger partial charge in [0.05, 0.1) is 9.38 Å². The lowest BCUT2D eigenvalue weighted by Crippen LogP contribution is -2.36. The van der Waals surface area contributed by atoms with E-state index in [2.05, 4.69) is 59.8 Å². The molecule has 150 valence electrons. The number of phenols is 2. The average molecular weight is 654 g/mol. The van der Waals surface area contributed by atoms with Crippen molar-refractivity contribution in [3.05, 3.63) is 53.3 Å². The Kier molecular flexibility index (Phi) is 6.91. The van der Waals surface area contributed by atoms with Crippen molar-refractivity contribution in [3.63, 3.8) is 0 Å². The Morgan fingerprint density at radius 1 is 1.17 bits per heavy atom. The molecule has 2 aromatic carbocycles. The topological polar surface area (TPSA) is 107 Å². The van der Waals surface area contributed by atoms with E-state index in [0.29, 0.717) is 21.9 Å². The van der Waals surface area contributed by atoms with Gasteiger partial charge in [0.2, 0.25) is 5.91 Å². The fourth-order valence-corrected chi connectivity index (χ4v) is 4.72. The molecule has 0 bridgehead atoms. The number of carbonyl (C=O) groups excluding carboxylic acids is 3. The number of anilines is 1. The van der Waals surface area contributed by atoms with E-state index < -0.39 is 23.6 Å². The number of hydrogen-bond acceptors (Lipinski definition) is 6. The first kappa shape index (κ1) is 22.1. The number of nitrogens with zero attached hydrogens (tertiary/aromatic N) is 1. The average Bonchev–Trinajstić information content (AvgIpc) is 2.93. The zero-order chi connectivity index (χ0) is 21.3. The van der Waals surface area contributed by atoms with Crippen molar-refractivity contribution in [3.8, 4) is 11.5 Å². The lowest BCUT2D eigenvalue weighted by atomic mass is 10.1. The minimum Gasteiger partial charge on any atom is -0.506 e. The van der Waals surface area contributed by atoms with Gasteiger partial charge in [-0.15, -0.1) is 0 Å². The molecule has 7 nitrogen and oxygen atoms in total. The Hall–Kier alpha value is -1.57. The Balaban J connectivity index is 1.77. The Morgan fingerprint density at radius 2 is 1.83 bits per heavy atom. The molecular weight excluding hydrogens is 643 g/mol. The summed E-state index contributed by atoms with van der Waals surface area (Å²) < 4.78 is 1.35. The number of hydrogen-bond donors (Lipinski definition) is 3. The van der Waals surface area contributed by atoms with Gasteiger partial charge < -0.3 is 15.5 Å². The maximum atomic E-state index is 12.6. The highest BCUT2D eigenvalue weighted by atomic mass is 127. The van der Waals surface area contributed by atoms with E-state index in [-0.39, 0.29) is 26.4 Å². The fourth-order valence-electron chi connectivity index (χ4n) is 2.38. The van der Waals surface area contributed by atoms with Gasteiger partial charge in [0.25, 0.3) is 11.1 Å². The van der Waals surface area contributed by atoms with Gasteiger partial charge in [-0.3, -0.25) is 19.3 Å². The summed E-state index contributed by atoms with van der Waals surface area (Å²) in [5, 5.41) is 22.0. The van der Waals surface area contributed by atoms with Gasteiger partial charge in [-0.1, -0.05) is 0 Å². The minimum atomic E-state index is -0.641. The summed E-state index contributed by atoms with van der Waals surface area (Å²) >= 11 is 9.00. The van der Waals surface area contributed by atoms with E-state index in [1.807, 2.05) is 12.1 Å². The molecule has 3 amide bonds. The van der Waals surface area contributed by atoms with Crippen LogP contribution < -0.4 is 5.32 Å². The highest BCUT2D eigenvalue weighted by Gasteiger charge is 2.36. The molecule has 0 radical (unpaired) electrons. The third kappa shape index (κ3) is 4.95. The molecule has 1 fully saturated rings. The van der Waals surface area contributed by atoms with Gasteiger partial charge >= 0.3 is 0 Å². The van der Waals surface area contributed by atoms with Crippen LogP contribution in [0.1, 0.15) is 5.56 Å². The third-order valence-corrected chi connectivity index (χ3v) is 6.77.